The van der Waals surface area contributed by atoms with Gasteiger partial charge in [-0.2, -0.15) is 0 Å². The predicted octanol–water partition coefficient (Wildman–Crippen LogP) is 13.2. The Labute approximate surface area is 321 Å². The number of hydrogen-bond acceptors (Lipinski definition) is 2. The first kappa shape index (κ1) is 32.5. The molecule has 0 bridgehead atoms. The zero-order valence-electron chi connectivity index (χ0n) is 30.3. The molecule has 1 aliphatic rings. The summed E-state index contributed by atoms with van der Waals surface area (Å²) in [5.74, 6) is 0. The molecule has 1 aliphatic heterocycles. The third-order valence-corrected chi connectivity index (χ3v) is 10.7. The van der Waals surface area contributed by atoms with Crippen molar-refractivity contribution in [1.82, 2.24) is 4.57 Å². The van der Waals surface area contributed by atoms with Crippen LogP contribution in [0.1, 0.15) is 29.3 Å². The van der Waals surface area contributed by atoms with Crippen LogP contribution in [0.25, 0.3) is 60.9 Å². The molecule has 1 atom stereocenters. The topological polar surface area (TPSA) is 29.6 Å². The van der Waals surface area contributed by atoms with E-state index in [0.29, 0.717) is 6.42 Å². The number of rotatable bonds is 7. The molecular formula is C52H37N3. The lowest BCUT2D eigenvalue weighted by Gasteiger charge is -2.22. The number of hydrogen-bond donors (Lipinski definition) is 0. The molecule has 8 aromatic carbocycles. The van der Waals surface area contributed by atoms with Crippen LogP contribution >= 0.6 is 0 Å². The van der Waals surface area contributed by atoms with Crippen molar-refractivity contribution in [2.75, 3.05) is 0 Å². The zero-order chi connectivity index (χ0) is 36.6. The molecular weight excluding hydrogens is 667 g/mol. The number of fused-ring (bicyclic) bond motifs is 3. The van der Waals surface area contributed by atoms with Gasteiger partial charge >= 0.3 is 0 Å². The maximum Gasteiger partial charge on any atom is 0.165 e. The molecule has 10 rings (SSSR count). The van der Waals surface area contributed by atoms with Gasteiger partial charge in [-0.1, -0.05) is 158 Å². The van der Waals surface area contributed by atoms with Gasteiger partial charge in [0.15, 0.2) is 6.17 Å². The third-order valence-electron chi connectivity index (χ3n) is 10.7. The van der Waals surface area contributed by atoms with E-state index in [4.69, 9.17) is 9.98 Å². The van der Waals surface area contributed by atoms with Crippen molar-refractivity contribution in [3.8, 4) is 39.1 Å². The summed E-state index contributed by atoms with van der Waals surface area (Å²) in [4.78, 5) is 10.8. The van der Waals surface area contributed by atoms with Crippen LogP contribution in [0.5, 0.6) is 0 Å². The first-order valence-corrected chi connectivity index (χ1v) is 18.9. The summed E-state index contributed by atoms with van der Waals surface area (Å²) in [7, 11) is 0. The standard InChI is InChI=1S/C52H37N3/c1-4-16-36(17-5-1)42-31-43(37-18-6-2-7-19-37)33-44(32-42)52-53-48(38-20-8-3-9-21-38)35-49(54-52)41-24-14-22-39(30-41)40-23-15-25-45(34-40)55-50-28-12-10-26-46(50)47-27-11-13-29-51(47)55/h1-34,52H,35H2. The van der Waals surface area contributed by atoms with Gasteiger partial charge in [-0.25, -0.2) is 0 Å². The maximum absolute atomic E-state index is 5.45. The quantitative estimate of drug-likeness (QED) is 0.158. The highest BCUT2D eigenvalue weighted by molar-refractivity contribution is 6.19. The molecule has 0 N–H and O–H groups in total. The van der Waals surface area contributed by atoms with E-state index in [9.17, 15) is 0 Å². The highest BCUT2D eigenvalue weighted by Crippen LogP contribution is 2.36. The third kappa shape index (κ3) is 6.26. The molecule has 3 nitrogen and oxygen atoms in total. The molecule has 0 aliphatic carbocycles. The Bertz CT molecular complexity index is 2770. The summed E-state index contributed by atoms with van der Waals surface area (Å²) in [5, 5.41) is 2.52. The Hall–Kier alpha value is -7.10. The molecule has 55 heavy (non-hydrogen) atoms. The van der Waals surface area contributed by atoms with Gasteiger partial charge in [0.1, 0.15) is 0 Å². The lowest BCUT2D eigenvalue weighted by Crippen LogP contribution is -2.18. The number of aromatic nitrogens is 1. The normalized spacial score (nSPS) is 14.1. The first-order chi connectivity index (χ1) is 27.2. The summed E-state index contributed by atoms with van der Waals surface area (Å²) in [6.07, 6.45) is 0.252. The predicted molar refractivity (Wildman–Crippen MR) is 230 cm³/mol. The fourth-order valence-electron chi connectivity index (χ4n) is 8.01. The largest absolute Gasteiger partial charge is 0.309 e. The van der Waals surface area contributed by atoms with E-state index in [2.05, 4.69) is 211 Å². The van der Waals surface area contributed by atoms with Crippen LogP contribution in [-0.4, -0.2) is 16.0 Å². The monoisotopic (exact) mass is 703 g/mol. The number of para-hydroxylation sites is 2. The zero-order valence-corrected chi connectivity index (χ0v) is 30.3. The van der Waals surface area contributed by atoms with E-state index in [1.807, 2.05) is 0 Å². The molecule has 0 radical (unpaired) electrons. The molecule has 2 heterocycles. The Balaban J connectivity index is 1.08. The summed E-state index contributed by atoms with van der Waals surface area (Å²) < 4.78 is 2.38. The minimum Gasteiger partial charge on any atom is -0.309 e. The molecule has 3 heteroatoms. The molecule has 0 amide bonds. The molecule has 9 aromatic rings. The van der Waals surface area contributed by atoms with Crippen molar-refractivity contribution in [2.45, 2.75) is 12.6 Å². The minimum absolute atomic E-state index is 0.396. The van der Waals surface area contributed by atoms with Gasteiger partial charge in [-0.15, -0.1) is 0 Å². The van der Waals surface area contributed by atoms with E-state index < -0.39 is 6.17 Å². The van der Waals surface area contributed by atoms with Crippen LogP contribution in [0.2, 0.25) is 0 Å². The van der Waals surface area contributed by atoms with Gasteiger partial charge in [0, 0.05) is 22.9 Å². The maximum atomic E-state index is 5.45. The highest BCUT2D eigenvalue weighted by atomic mass is 15.0. The Morgan fingerprint density at radius 2 is 0.782 bits per heavy atom. The smallest absolute Gasteiger partial charge is 0.165 e. The highest BCUT2D eigenvalue weighted by Gasteiger charge is 2.23. The molecule has 0 saturated carbocycles. The van der Waals surface area contributed by atoms with Gasteiger partial charge in [-0.05, 0) is 98.6 Å². The first-order valence-electron chi connectivity index (χ1n) is 18.9. The second-order valence-corrected chi connectivity index (χ2v) is 14.1. The van der Waals surface area contributed by atoms with E-state index in [1.54, 1.807) is 0 Å². The van der Waals surface area contributed by atoms with Crippen molar-refractivity contribution in [1.29, 1.82) is 0 Å². The van der Waals surface area contributed by atoms with Crippen molar-refractivity contribution >= 4 is 33.2 Å². The number of nitrogens with zero attached hydrogens (tertiary/aromatic N) is 3. The Kier molecular flexibility index (Phi) is 8.31. The molecule has 1 unspecified atom stereocenters. The van der Waals surface area contributed by atoms with Crippen LogP contribution in [-0.2, 0) is 0 Å². The summed E-state index contributed by atoms with van der Waals surface area (Å²) >= 11 is 0. The number of aliphatic imine (C=N–C) groups is 2. The second-order valence-electron chi connectivity index (χ2n) is 14.1. The molecule has 0 saturated heterocycles. The summed E-state index contributed by atoms with van der Waals surface area (Å²) in [5.41, 5.74) is 15.9. The van der Waals surface area contributed by atoms with Crippen LogP contribution in [0.15, 0.2) is 216 Å². The fraction of sp³-hybridized carbons (Fsp3) is 0.0385. The number of benzene rings is 8. The average molecular weight is 704 g/mol. The van der Waals surface area contributed by atoms with Crippen LogP contribution in [0.4, 0.5) is 0 Å². The summed E-state index contributed by atoms with van der Waals surface area (Å²) in [6, 6.07) is 73.6. The SMILES string of the molecule is c1ccc(C2=NC(c3cc(-c4ccccc4)cc(-c4ccccc4)c3)N=C(c3cccc(-c4cccc(-n5c6ccccc6c6ccccc65)c4)c3)C2)cc1. The van der Waals surface area contributed by atoms with E-state index >= 15 is 0 Å². The van der Waals surface area contributed by atoms with Gasteiger partial charge in [0.25, 0.3) is 0 Å². The minimum atomic E-state index is -0.396. The molecule has 1 aromatic heterocycles. The molecule has 0 spiro atoms. The van der Waals surface area contributed by atoms with Crippen molar-refractivity contribution in [3.05, 3.63) is 223 Å². The fourth-order valence-corrected chi connectivity index (χ4v) is 8.01. The molecule has 0 fully saturated rings. The second kappa shape index (κ2) is 14.0. The van der Waals surface area contributed by atoms with Crippen molar-refractivity contribution < 1.29 is 0 Å². The van der Waals surface area contributed by atoms with Gasteiger partial charge in [-0.3, -0.25) is 9.98 Å². The summed E-state index contributed by atoms with van der Waals surface area (Å²) in [6.45, 7) is 0. The van der Waals surface area contributed by atoms with Crippen LogP contribution < -0.4 is 0 Å². The van der Waals surface area contributed by atoms with E-state index in [0.717, 1.165) is 56.1 Å². The Morgan fingerprint density at radius 3 is 1.38 bits per heavy atom. The van der Waals surface area contributed by atoms with Gasteiger partial charge < -0.3 is 4.57 Å². The van der Waals surface area contributed by atoms with Crippen LogP contribution in [0, 0.1) is 0 Å². The van der Waals surface area contributed by atoms with E-state index in [-0.39, 0.29) is 0 Å². The van der Waals surface area contributed by atoms with Crippen LogP contribution in [0.3, 0.4) is 0 Å². The average Bonchev–Trinajstić information content (AvgIpc) is 3.61. The van der Waals surface area contributed by atoms with Crippen molar-refractivity contribution in [2.24, 2.45) is 9.98 Å². The lowest BCUT2D eigenvalue weighted by molar-refractivity contribution is 0.764. The van der Waals surface area contributed by atoms with Gasteiger partial charge in [0.05, 0.1) is 22.5 Å². The van der Waals surface area contributed by atoms with E-state index in [1.165, 1.54) is 32.9 Å². The van der Waals surface area contributed by atoms with Gasteiger partial charge in [0.2, 0.25) is 0 Å². The molecule has 260 valence electrons. The van der Waals surface area contributed by atoms with Crippen molar-refractivity contribution in [3.63, 3.8) is 0 Å². The lowest BCUT2D eigenvalue weighted by atomic mass is 9.93. The Morgan fingerprint density at radius 1 is 0.345 bits per heavy atom.